The van der Waals surface area contributed by atoms with Gasteiger partial charge in [0.25, 0.3) is 11.8 Å². The number of carboxylic acid groups (broad SMARTS) is 1. The van der Waals surface area contributed by atoms with Crippen molar-refractivity contribution in [3.63, 3.8) is 0 Å². The molecule has 2 amide bonds. The van der Waals surface area contributed by atoms with Crippen LogP contribution < -0.4 is 15.8 Å². The minimum Gasteiger partial charge on any atom is -0.477 e. The molecule has 1 aromatic rings. The number of carboxylic acids is 1. The fourth-order valence-electron chi connectivity index (χ4n) is 3.42. The van der Waals surface area contributed by atoms with Crippen LogP contribution in [-0.4, -0.2) is 104 Å². The van der Waals surface area contributed by atoms with Crippen LogP contribution in [0.1, 0.15) is 5.69 Å². The SMILES string of the molecule is CO/N=C(\C(=O)NC1C(=O)N2C(C(=O)O)=C(CS(=O)(=O)CCNS(C)(=O)=O)CS[C@H]12)c1csc(N)n1. The molecule has 3 heterocycles. The minimum absolute atomic E-state index is 0.0131. The molecule has 0 radical (unpaired) electrons. The number of hydrogen-bond donors (Lipinski definition) is 4. The topological polar surface area (TPSA) is 228 Å². The van der Waals surface area contributed by atoms with Gasteiger partial charge in [-0.2, -0.15) is 0 Å². The summed E-state index contributed by atoms with van der Waals surface area (Å²) in [5, 5.41) is 16.7. The Morgan fingerprint density at radius 3 is 2.61 bits per heavy atom. The molecule has 3 rings (SSSR count). The quantitative estimate of drug-likeness (QED) is 0.124. The van der Waals surface area contributed by atoms with Crippen molar-refractivity contribution in [3.8, 4) is 0 Å². The van der Waals surface area contributed by atoms with E-state index in [0.717, 1.165) is 34.3 Å². The maximum absolute atomic E-state index is 12.8. The van der Waals surface area contributed by atoms with Crippen molar-refractivity contribution in [3.05, 3.63) is 22.3 Å². The number of thioether (sulfide) groups is 1. The van der Waals surface area contributed by atoms with Gasteiger partial charge in [0, 0.05) is 17.7 Å². The molecule has 0 spiro atoms. The van der Waals surface area contributed by atoms with Crippen molar-refractivity contribution in [1.82, 2.24) is 19.9 Å². The number of aromatic nitrogens is 1. The van der Waals surface area contributed by atoms with E-state index in [4.69, 9.17) is 5.73 Å². The zero-order valence-electron chi connectivity index (χ0n) is 18.8. The standard InChI is InChI=1S/C17H22N6O9S4/c1-32-22-10(9-6-34-17(18)20-9)13(24)21-11-14(25)23-12(16(26)27)8(5-33-15(11)23)7-36(30,31)4-3-19-35(2,28)29/h6,11,15,19H,3-5,7H2,1-2H3,(H2,18,20)(H,21,24)(H,26,27)/b22-10-/t11?,15-/m1/s1. The highest BCUT2D eigenvalue weighted by molar-refractivity contribution is 8.00. The molecule has 2 atom stereocenters. The maximum Gasteiger partial charge on any atom is 0.352 e. The number of amides is 2. The highest BCUT2D eigenvalue weighted by atomic mass is 32.2. The van der Waals surface area contributed by atoms with Gasteiger partial charge in [0.1, 0.15) is 29.9 Å². The number of sulfone groups is 1. The lowest BCUT2D eigenvalue weighted by atomic mass is 10.0. The highest BCUT2D eigenvalue weighted by Crippen LogP contribution is 2.40. The van der Waals surface area contributed by atoms with Crippen LogP contribution in [0.4, 0.5) is 5.13 Å². The molecule has 0 aliphatic carbocycles. The van der Waals surface area contributed by atoms with E-state index < -0.39 is 66.3 Å². The van der Waals surface area contributed by atoms with Gasteiger partial charge in [-0.15, -0.1) is 23.1 Å². The summed E-state index contributed by atoms with van der Waals surface area (Å²) >= 11 is 2.14. The Labute approximate surface area is 214 Å². The van der Waals surface area contributed by atoms with Gasteiger partial charge >= 0.3 is 5.97 Å². The fourth-order valence-corrected chi connectivity index (χ4v) is 7.37. The molecule has 19 heteroatoms. The van der Waals surface area contributed by atoms with Crippen molar-refractivity contribution in [2.24, 2.45) is 5.16 Å². The second-order valence-electron chi connectivity index (χ2n) is 7.57. The summed E-state index contributed by atoms with van der Waals surface area (Å²) in [5.41, 5.74) is 4.99. The lowest BCUT2D eigenvalue weighted by Crippen LogP contribution is -2.71. The van der Waals surface area contributed by atoms with Crippen molar-refractivity contribution < 1.29 is 41.2 Å². The monoisotopic (exact) mass is 582 g/mol. The van der Waals surface area contributed by atoms with Crippen LogP contribution in [0.3, 0.4) is 0 Å². The van der Waals surface area contributed by atoms with Crippen LogP contribution in [0.15, 0.2) is 21.8 Å². The summed E-state index contributed by atoms with van der Waals surface area (Å²) in [6.45, 7) is -0.376. The average Bonchev–Trinajstić information content (AvgIpc) is 3.19. The molecule has 1 aromatic heterocycles. The van der Waals surface area contributed by atoms with E-state index >= 15 is 0 Å². The maximum atomic E-state index is 12.8. The first kappa shape index (κ1) is 27.8. The van der Waals surface area contributed by atoms with Crippen molar-refractivity contribution in [1.29, 1.82) is 0 Å². The average molecular weight is 583 g/mol. The van der Waals surface area contributed by atoms with Gasteiger partial charge in [-0.05, 0) is 5.57 Å². The number of hydrogen-bond acceptors (Lipinski definition) is 13. The van der Waals surface area contributed by atoms with Crippen LogP contribution >= 0.6 is 23.1 Å². The second kappa shape index (κ2) is 10.7. The summed E-state index contributed by atoms with van der Waals surface area (Å²) in [6.07, 6.45) is 0.879. The highest BCUT2D eigenvalue weighted by Gasteiger charge is 2.54. The van der Waals surface area contributed by atoms with E-state index in [1.54, 1.807) is 0 Å². The van der Waals surface area contributed by atoms with Gasteiger partial charge in [-0.1, -0.05) is 5.16 Å². The molecule has 1 unspecified atom stereocenters. The molecule has 1 saturated heterocycles. The molecule has 2 aliphatic rings. The Bertz CT molecular complexity index is 1350. The Kier molecular flexibility index (Phi) is 8.28. The minimum atomic E-state index is -3.90. The summed E-state index contributed by atoms with van der Waals surface area (Å²) in [7, 11) is -6.28. The zero-order valence-corrected chi connectivity index (χ0v) is 22.1. The Morgan fingerprint density at radius 1 is 1.36 bits per heavy atom. The predicted octanol–water partition coefficient (Wildman–Crippen LogP) is -2.22. The second-order valence-corrected chi connectivity index (χ2v) is 13.6. The molecular weight excluding hydrogens is 560 g/mol. The number of nitrogen functional groups attached to an aromatic ring is 1. The van der Waals surface area contributed by atoms with E-state index in [1.165, 1.54) is 12.5 Å². The summed E-state index contributed by atoms with van der Waals surface area (Å²) in [4.78, 5) is 47.1. The number of anilines is 1. The number of fused-ring (bicyclic) bond motifs is 1. The van der Waals surface area contributed by atoms with E-state index in [-0.39, 0.29) is 34.4 Å². The normalized spacial score (nSPS) is 20.6. The number of nitrogens with zero attached hydrogens (tertiary/aromatic N) is 3. The molecule has 0 aromatic carbocycles. The fraction of sp³-hybridized carbons (Fsp3) is 0.471. The molecule has 198 valence electrons. The van der Waals surface area contributed by atoms with E-state index in [2.05, 4.69) is 25.0 Å². The van der Waals surface area contributed by atoms with Gasteiger partial charge in [-0.3, -0.25) is 14.5 Å². The summed E-state index contributed by atoms with van der Waals surface area (Å²) in [6, 6.07) is -1.10. The molecule has 5 N–H and O–H groups in total. The van der Waals surface area contributed by atoms with Crippen molar-refractivity contribution in [2.75, 3.05) is 42.9 Å². The third kappa shape index (κ3) is 6.33. The third-order valence-electron chi connectivity index (χ3n) is 4.87. The lowest BCUT2D eigenvalue weighted by molar-refractivity contribution is -0.150. The van der Waals surface area contributed by atoms with E-state index in [9.17, 15) is 36.3 Å². The molecule has 36 heavy (non-hydrogen) atoms. The Balaban J connectivity index is 1.75. The number of nitrogens with one attached hydrogen (secondary N) is 2. The van der Waals surface area contributed by atoms with Gasteiger partial charge in [0.05, 0.1) is 17.8 Å². The first-order valence-corrected chi connectivity index (χ1v) is 15.6. The number of oxime groups is 1. The number of nitrogens with two attached hydrogens (primary N) is 1. The number of rotatable bonds is 11. The number of sulfonamides is 1. The number of β-lactam (4-membered cyclic amide) rings is 1. The van der Waals surface area contributed by atoms with E-state index in [1.807, 2.05) is 0 Å². The number of aliphatic carboxylic acids is 1. The van der Waals surface area contributed by atoms with Crippen LogP contribution in [0.2, 0.25) is 0 Å². The number of carbonyl (C=O) groups is 3. The molecular formula is C17H22N6O9S4. The predicted molar refractivity (Wildman–Crippen MR) is 131 cm³/mol. The molecule has 1 fully saturated rings. The first-order chi connectivity index (χ1) is 16.7. The van der Waals surface area contributed by atoms with Crippen LogP contribution in [0.25, 0.3) is 0 Å². The van der Waals surface area contributed by atoms with Gasteiger partial charge in [-0.25, -0.2) is 31.3 Å². The van der Waals surface area contributed by atoms with Crippen molar-refractivity contribution >= 4 is 71.6 Å². The van der Waals surface area contributed by atoms with Gasteiger partial charge in [0.15, 0.2) is 20.7 Å². The van der Waals surface area contributed by atoms with Crippen molar-refractivity contribution in [2.45, 2.75) is 11.4 Å². The van der Waals surface area contributed by atoms with Crippen LogP contribution in [-0.2, 0) is 39.1 Å². The zero-order chi connectivity index (χ0) is 26.8. The first-order valence-electron chi connectivity index (χ1n) is 9.92. The van der Waals surface area contributed by atoms with Gasteiger partial charge < -0.3 is 21.0 Å². The molecule has 15 nitrogen and oxygen atoms in total. The largest absolute Gasteiger partial charge is 0.477 e. The molecule has 2 aliphatic heterocycles. The van der Waals surface area contributed by atoms with Crippen LogP contribution in [0.5, 0.6) is 0 Å². The number of thiazole rings is 1. The van der Waals surface area contributed by atoms with Crippen LogP contribution in [0, 0.1) is 0 Å². The smallest absolute Gasteiger partial charge is 0.352 e. The summed E-state index contributed by atoms with van der Waals surface area (Å²) < 4.78 is 49.3. The van der Waals surface area contributed by atoms with Gasteiger partial charge in [0.2, 0.25) is 10.0 Å². The lowest BCUT2D eigenvalue weighted by Gasteiger charge is -2.49. The Morgan fingerprint density at radius 2 is 2.06 bits per heavy atom. The van der Waals surface area contributed by atoms with E-state index in [0.29, 0.717) is 0 Å². The third-order valence-corrected chi connectivity index (χ3v) is 9.23. The summed E-state index contributed by atoms with van der Waals surface area (Å²) in [5.74, 6) is -4.31. The molecule has 0 saturated carbocycles. The Hall–Kier alpha value is -2.74. The number of carbonyl (C=O) groups excluding carboxylic acids is 2. The molecule has 0 bridgehead atoms.